The second-order valence-electron chi connectivity index (χ2n) is 7.90. The molecular weight excluding hydrogens is 380 g/mol. The molecule has 1 aliphatic rings. The Hall–Kier alpha value is -3.48. The van der Waals surface area contributed by atoms with Gasteiger partial charge in [0.05, 0.1) is 5.69 Å². The zero-order valence-electron chi connectivity index (χ0n) is 17.2. The van der Waals surface area contributed by atoms with Gasteiger partial charge in [-0.05, 0) is 41.5 Å². The van der Waals surface area contributed by atoms with Gasteiger partial charge in [0, 0.05) is 30.9 Å². The molecule has 0 atom stereocenters. The second kappa shape index (κ2) is 8.49. The van der Waals surface area contributed by atoms with Gasteiger partial charge < -0.3 is 20.1 Å². The van der Waals surface area contributed by atoms with E-state index in [0.717, 1.165) is 28.3 Å². The number of rotatable bonds is 6. The molecule has 30 heavy (non-hydrogen) atoms. The number of aromatic nitrogens is 2. The van der Waals surface area contributed by atoms with E-state index < -0.39 is 0 Å². The first-order valence-electron chi connectivity index (χ1n) is 10.0. The van der Waals surface area contributed by atoms with E-state index in [4.69, 9.17) is 9.47 Å². The molecule has 3 aromatic rings. The van der Waals surface area contributed by atoms with Gasteiger partial charge in [-0.2, -0.15) is 5.10 Å². The number of hydrogen-bond acceptors (Lipinski definition) is 4. The first-order valence-corrected chi connectivity index (χ1v) is 10.0. The lowest BCUT2D eigenvalue weighted by molar-refractivity contribution is 0.171. The average Bonchev–Trinajstić information content (AvgIpc) is 3.31. The lowest BCUT2D eigenvalue weighted by atomic mass is 9.84. The van der Waals surface area contributed by atoms with E-state index in [-0.39, 0.29) is 11.4 Å². The number of benzene rings is 2. The van der Waals surface area contributed by atoms with Gasteiger partial charge in [0.25, 0.3) is 0 Å². The van der Waals surface area contributed by atoms with Crippen molar-refractivity contribution in [2.45, 2.75) is 25.8 Å². The predicted octanol–water partition coefficient (Wildman–Crippen LogP) is 3.42. The molecule has 0 saturated carbocycles. The average molecular weight is 406 g/mol. The molecule has 0 spiro atoms. The summed E-state index contributed by atoms with van der Waals surface area (Å²) in [7, 11) is 0. The predicted molar refractivity (Wildman–Crippen MR) is 114 cm³/mol. The van der Waals surface area contributed by atoms with Crippen molar-refractivity contribution >= 4 is 6.03 Å². The Morgan fingerprint density at radius 2 is 1.90 bits per heavy atom. The van der Waals surface area contributed by atoms with Crippen molar-refractivity contribution in [1.82, 2.24) is 20.4 Å². The summed E-state index contributed by atoms with van der Waals surface area (Å²) in [5.74, 6) is 1.53. The third kappa shape index (κ3) is 4.56. The minimum atomic E-state index is -0.257. The van der Waals surface area contributed by atoms with Crippen molar-refractivity contribution in [2.75, 3.05) is 19.8 Å². The number of nitrogens with zero attached hydrogens (tertiary/aromatic N) is 2. The highest BCUT2D eigenvalue weighted by atomic mass is 16.6. The van der Waals surface area contributed by atoms with E-state index in [1.54, 1.807) is 10.9 Å². The van der Waals surface area contributed by atoms with Crippen molar-refractivity contribution in [3.63, 3.8) is 0 Å². The molecule has 0 fully saturated rings. The highest BCUT2D eigenvalue weighted by molar-refractivity contribution is 5.74. The van der Waals surface area contributed by atoms with Crippen LogP contribution in [0.15, 0.2) is 60.9 Å². The smallest absolute Gasteiger partial charge is 0.315 e. The van der Waals surface area contributed by atoms with E-state index in [0.29, 0.717) is 26.3 Å². The number of carbonyl (C=O) groups is 1. The van der Waals surface area contributed by atoms with Gasteiger partial charge in [-0.3, -0.25) is 0 Å². The van der Waals surface area contributed by atoms with Crippen LogP contribution in [-0.2, 0) is 12.0 Å². The second-order valence-corrected chi connectivity index (χ2v) is 7.90. The first kappa shape index (κ1) is 19.8. The summed E-state index contributed by atoms with van der Waals surface area (Å²) in [6.45, 7) is 6.23. The maximum absolute atomic E-state index is 12.4. The monoisotopic (exact) mass is 406 g/mol. The molecule has 7 nitrogen and oxygen atoms in total. The molecule has 4 rings (SSSR count). The summed E-state index contributed by atoms with van der Waals surface area (Å²) in [6, 6.07) is 15.5. The minimum absolute atomic E-state index is 0.204. The van der Waals surface area contributed by atoms with Crippen LogP contribution < -0.4 is 20.1 Å². The number of ether oxygens (including phenoxy) is 2. The van der Waals surface area contributed by atoms with Crippen molar-refractivity contribution in [1.29, 1.82) is 0 Å². The van der Waals surface area contributed by atoms with Crippen molar-refractivity contribution in [3.8, 4) is 17.2 Å². The zero-order chi connectivity index (χ0) is 21.0. The Labute approximate surface area is 176 Å². The third-order valence-corrected chi connectivity index (χ3v) is 5.15. The van der Waals surface area contributed by atoms with Gasteiger partial charge in [0.1, 0.15) is 13.2 Å². The molecule has 2 amide bonds. The summed E-state index contributed by atoms with van der Waals surface area (Å²) in [5, 5.41) is 10.1. The maximum Gasteiger partial charge on any atom is 0.315 e. The van der Waals surface area contributed by atoms with Crippen LogP contribution in [0.5, 0.6) is 11.5 Å². The summed E-state index contributed by atoms with van der Waals surface area (Å²) < 4.78 is 13.1. The number of hydrogen-bond donors (Lipinski definition) is 2. The summed E-state index contributed by atoms with van der Waals surface area (Å²) >= 11 is 0. The SMILES string of the molecule is CC(C)(CNC(=O)NCc1cccc(-n2cccn2)c1)c1ccc2c(c1)OCCO2. The largest absolute Gasteiger partial charge is 0.486 e. The molecule has 156 valence electrons. The van der Waals surface area contributed by atoms with Crippen LogP contribution in [0.25, 0.3) is 5.69 Å². The molecule has 1 aliphatic heterocycles. The Bertz CT molecular complexity index is 1020. The fraction of sp³-hybridized carbons (Fsp3) is 0.304. The molecule has 0 radical (unpaired) electrons. The minimum Gasteiger partial charge on any atom is -0.486 e. The first-order chi connectivity index (χ1) is 14.5. The van der Waals surface area contributed by atoms with Gasteiger partial charge >= 0.3 is 6.03 Å². The molecule has 2 aromatic carbocycles. The van der Waals surface area contributed by atoms with Gasteiger partial charge in [0.2, 0.25) is 0 Å². The highest BCUT2D eigenvalue weighted by Crippen LogP contribution is 2.34. The van der Waals surface area contributed by atoms with Crippen molar-refractivity contribution < 1.29 is 14.3 Å². The summed E-state index contributed by atoms with van der Waals surface area (Å²) in [4.78, 5) is 12.4. The Kier molecular flexibility index (Phi) is 5.61. The van der Waals surface area contributed by atoms with E-state index in [9.17, 15) is 4.79 Å². The quantitative estimate of drug-likeness (QED) is 0.658. The van der Waals surface area contributed by atoms with Gasteiger partial charge in [-0.1, -0.05) is 32.0 Å². The highest BCUT2D eigenvalue weighted by Gasteiger charge is 2.24. The van der Waals surface area contributed by atoms with Crippen molar-refractivity contribution in [3.05, 3.63) is 72.1 Å². The van der Waals surface area contributed by atoms with E-state index in [1.807, 2.05) is 54.7 Å². The van der Waals surface area contributed by atoms with E-state index in [1.165, 1.54) is 0 Å². The van der Waals surface area contributed by atoms with Gasteiger partial charge in [0.15, 0.2) is 11.5 Å². The summed E-state index contributed by atoms with van der Waals surface area (Å²) in [6.07, 6.45) is 3.63. The normalized spacial score (nSPS) is 13.0. The number of fused-ring (bicyclic) bond motifs is 1. The Morgan fingerprint density at radius 3 is 2.70 bits per heavy atom. The fourth-order valence-corrected chi connectivity index (χ4v) is 3.34. The number of amides is 2. The van der Waals surface area contributed by atoms with E-state index in [2.05, 4.69) is 29.6 Å². The molecule has 2 heterocycles. The van der Waals surface area contributed by atoms with Crippen LogP contribution in [0.3, 0.4) is 0 Å². The third-order valence-electron chi connectivity index (χ3n) is 5.15. The molecule has 1 aromatic heterocycles. The van der Waals surface area contributed by atoms with Crippen LogP contribution in [0.4, 0.5) is 4.79 Å². The van der Waals surface area contributed by atoms with Crippen LogP contribution in [0.2, 0.25) is 0 Å². The molecule has 0 aliphatic carbocycles. The van der Waals surface area contributed by atoms with Crippen LogP contribution in [0.1, 0.15) is 25.0 Å². The van der Waals surface area contributed by atoms with Crippen LogP contribution >= 0.6 is 0 Å². The Morgan fingerprint density at radius 1 is 1.07 bits per heavy atom. The van der Waals surface area contributed by atoms with Gasteiger partial charge in [-0.15, -0.1) is 0 Å². The molecule has 0 bridgehead atoms. The van der Waals surface area contributed by atoms with Crippen LogP contribution in [-0.4, -0.2) is 35.6 Å². The number of carbonyl (C=O) groups excluding carboxylic acids is 1. The summed E-state index contributed by atoms with van der Waals surface area (Å²) in [5.41, 5.74) is 2.79. The zero-order valence-corrected chi connectivity index (χ0v) is 17.2. The fourth-order valence-electron chi connectivity index (χ4n) is 3.34. The Balaban J connectivity index is 1.32. The molecule has 7 heteroatoms. The molecular formula is C23H26N4O3. The molecule has 0 unspecified atom stereocenters. The number of nitrogens with one attached hydrogen (secondary N) is 2. The molecule has 0 saturated heterocycles. The maximum atomic E-state index is 12.4. The molecule has 2 N–H and O–H groups in total. The lowest BCUT2D eigenvalue weighted by Crippen LogP contribution is -2.42. The van der Waals surface area contributed by atoms with Crippen molar-refractivity contribution in [2.24, 2.45) is 0 Å². The van der Waals surface area contributed by atoms with E-state index >= 15 is 0 Å². The van der Waals surface area contributed by atoms with Gasteiger partial charge in [-0.25, -0.2) is 9.48 Å². The standard InChI is InChI=1S/C23H26N4O3/c1-23(2,18-7-8-20-21(14-18)30-12-11-29-20)16-25-22(28)24-15-17-5-3-6-19(13-17)27-10-4-9-26-27/h3-10,13-14H,11-12,15-16H2,1-2H3,(H2,24,25,28). The lowest BCUT2D eigenvalue weighted by Gasteiger charge is -2.28. The topological polar surface area (TPSA) is 77.4 Å². The number of urea groups is 1. The van der Waals surface area contributed by atoms with Crippen LogP contribution in [0, 0.1) is 0 Å².